The van der Waals surface area contributed by atoms with Crippen LogP contribution in [0.5, 0.6) is 11.5 Å². The summed E-state index contributed by atoms with van der Waals surface area (Å²) in [6.07, 6.45) is -0.246. The minimum Gasteiger partial charge on any atom is -0.485 e. The molecule has 0 saturated heterocycles. The minimum absolute atomic E-state index is 0.0328. The molecule has 166 valence electrons. The number of ether oxygens (including phenoxy) is 2. The number of Topliss-reactive ketones (excluding diaryl/α,β-unsaturated/α-hetero) is 1. The molecule has 0 aliphatic carbocycles. The molecular weight excluding hydrogens is 378 g/mol. The zero-order valence-corrected chi connectivity index (χ0v) is 19.1. The molecule has 3 rings (SSSR count). The normalized spacial score (nSPS) is 16.2. The molecule has 1 aliphatic heterocycles. The van der Waals surface area contributed by atoms with Crippen LogP contribution in [0.1, 0.15) is 58.8 Å². The fraction of sp³-hybridized carbons (Fsp3) is 0.480. The Labute approximate surface area is 181 Å². The summed E-state index contributed by atoms with van der Waals surface area (Å²) in [5, 5.41) is 13.6. The molecule has 0 saturated carbocycles. The number of carbonyl (C=O) groups is 1. The topological polar surface area (TPSA) is 67.8 Å². The van der Waals surface area contributed by atoms with Crippen LogP contribution in [-0.2, 0) is 11.2 Å². The van der Waals surface area contributed by atoms with Crippen LogP contribution < -0.4 is 14.8 Å². The fourth-order valence-electron chi connectivity index (χ4n) is 2.97. The van der Waals surface area contributed by atoms with Crippen molar-refractivity contribution in [2.24, 2.45) is 0 Å². The van der Waals surface area contributed by atoms with E-state index in [0.717, 1.165) is 17.5 Å². The van der Waals surface area contributed by atoms with Crippen molar-refractivity contribution < 1.29 is 19.4 Å². The highest BCUT2D eigenvalue weighted by molar-refractivity contribution is 5.81. The summed E-state index contributed by atoms with van der Waals surface area (Å²) in [7, 11) is 0. The molecule has 2 aromatic rings. The van der Waals surface area contributed by atoms with Crippen LogP contribution in [0.4, 0.5) is 0 Å². The Morgan fingerprint density at radius 1 is 1.10 bits per heavy atom. The second-order valence-electron chi connectivity index (χ2n) is 6.75. The standard InChI is InChI=1S/C21H25NO4.2C2H6/c1-14(22-12-18(24)17-6-4-3-5-7-17)10-16-8-9-19-20(11-16)25-13-21(26-19)15(2)23;2*1-2/h3-9,11,14,18,21-22,24H,10,12-13H2,1-2H3;2*1-2H3/t14-,18?,21-;;/m1../s1. The quantitative estimate of drug-likeness (QED) is 0.685. The van der Waals surface area contributed by atoms with Crippen LogP contribution in [-0.4, -0.2) is 36.2 Å². The summed E-state index contributed by atoms with van der Waals surface area (Å²) in [4.78, 5) is 11.4. The van der Waals surface area contributed by atoms with E-state index in [1.165, 1.54) is 6.92 Å². The molecule has 30 heavy (non-hydrogen) atoms. The van der Waals surface area contributed by atoms with E-state index < -0.39 is 12.2 Å². The molecule has 2 aromatic carbocycles. The van der Waals surface area contributed by atoms with E-state index in [4.69, 9.17) is 9.47 Å². The Balaban J connectivity index is 0.00000106. The van der Waals surface area contributed by atoms with Gasteiger partial charge in [-0.15, -0.1) is 0 Å². The molecule has 3 atom stereocenters. The van der Waals surface area contributed by atoms with E-state index in [-0.39, 0.29) is 18.4 Å². The molecule has 1 heterocycles. The molecule has 5 nitrogen and oxygen atoms in total. The number of nitrogens with one attached hydrogen (secondary N) is 1. The van der Waals surface area contributed by atoms with Crippen LogP contribution in [0.3, 0.4) is 0 Å². The van der Waals surface area contributed by atoms with Crippen molar-refractivity contribution in [3.63, 3.8) is 0 Å². The number of aliphatic hydroxyl groups is 1. The molecular formula is C25H37NO4. The Bertz CT molecular complexity index is 748. The van der Waals surface area contributed by atoms with Gasteiger partial charge in [0.2, 0.25) is 0 Å². The SMILES string of the molecule is CC.CC.CC(=O)[C@H]1COc2cc(C[C@@H](C)NCC(O)c3ccccc3)ccc2O1. The maximum atomic E-state index is 11.4. The molecule has 0 bridgehead atoms. The summed E-state index contributed by atoms with van der Waals surface area (Å²) in [5.41, 5.74) is 2.02. The average molecular weight is 416 g/mol. The van der Waals surface area contributed by atoms with Crippen molar-refractivity contribution in [1.82, 2.24) is 5.32 Å². The monoisotopic (exact) mass is 415 g/mol. The predicted molar refractivity (Wildman–Crippen MR) is 122 cm³/mol. The maximum Gasteiger partial charge on any atom is 0.190 e. The van der Waals surface area contributed by atoms with Gasteiger partial charge in [0, 0.05) is 12.6 Å². The number of hydrogen-bond donors (Lipinski definition) is 2. The van der Waals surface area contributed by atoms with Crippen molar-refractivity contribution >= 4 is 5.78 Å². The first-order valence-corrected chi connectivity index (χ1v) is 10.9. The molecule has 1 aliphatic rings. The molecule has 2 N–H and O–H groups in total. The molecule has 0 fully saturated rings. The van der Waals surface area contributed by atoms with Crippen molar-refractivity contribution in [3.8, 4) is 11.5 Å². The zero-order chi connectivity index (χ0) is 22.5. The van der Waals surface area contributed by atoms with Crippen molar-refractivity contribution in [1.29, 1.82) is 0 Å². The predicted octanol–water partition coefficient (Wildman–Crippen LogP) is 4.72. The fourth-order valence-corrected chi connectivity index (χ4v) is 2.97. The number of hydrogen-bond acceptors (Lipinski definition) is 5. The Hall–Kier alpha value is -2.37. The van der Waals surface area contributed by atoms with Crippen molar-refractivity contribution in [2.75, 3.05) is 13.2 Å². The van der Waals surface area contributed by atoms with Crippen LogP contribution in [0.2, 0.25) is 0 Å². The Kier molecular flexibility index (Phi) is 11.8. The van der Waals surface area contributed by atoms with E-state index in [1.807, 2.05) is 76.2 Å². The summed E-state index contributed by atoms with van der Waals surface area (Å²) in [6.45, 7) is 12.3. The van der Waals surface area contributed by atoms with Gasteiger partial charge in [0.05, 0.1) is 6.10 Å². The van der Waals surface area contributed by atoms with Crippen LogP contribution in [0.25, 0.3) is 0 Å². The Morgan fingerprint density at radius 2 is 1.77 bits per heavy atom. The lowest BCUT2D eigenvalue weighted by atomic mass is 10.0. The number of fused-ring (bicyclic) bond motifs is 1. The molecule has 5 heteroatoms. The first kappa shape index (κ1) is 25.7. The van der Waals surface area contributed by atoms with Gasteiger partial charge in [0.25, 0.3) is 0 Å². The second-order valence-corrected chi connectivity index (χ2v) is 6.75. The summed E-state index contributed by atoms with van der Waals surface area (Å²) < 4.78 is 11.3. The van der Waals surface area contributed by atoms with Gasteiger partial charge >= 0.3 is 0 Å². The summed E-state index contributed by atoms with van der Waals surface area (Å²) in [6, 6.07) is 15.6. The highest BCUT2D eigenvalue weighted by atomic mass is 16.6. The van der Waals surface area contributed by atoms with E-state index >= 15 is 0 Å². The third kappa shape index (κ3) is 7.81. The van der Waals surface area contributed by atoms with E-state index in [2.05, 4.69) is 12.2 Å². The average Bonchev–Trinajstić information content (AvgIpc) is 2.80. The highest BCUT2D eigenvalue weighted by Crippen LogP contribution is 2.33. The minimum atomic E-state index is -0.526. The van der Waals surface area contributed by atoms with Gasteiger partial charge in [-0.3, -0.25) is 4.79 Å². The van der Waals surface area contributed by atoms with Crippen molar-refractivity contribution in [3.05, 3.63) is 59.7 Å². The zero-order valence-electron chi connectivity index (χ0n) is 19.1. The smallest absolute Gasteiger partial charge is 0.190 e. The summed E-state index contributed by atoms with van der Waals surface area (Å²) >= 11 is 0. The third-order valence-corrected chi connectivity index (χ3v) is 4.51. The molecule has 0 aromatic heterocycles. The van der Waals surface area contributed by atoms with Gasteiger partial charge in [-0.1, -0.05) is 64.1 Å². The van der Waals surface area contributed by atoms with E-state index in [1.54, 1.807) is 0 Å². The lowest BCUT2D eigenvalue weighted by Crippen LogP contribution is -2.35. The van der Waals surface area contributed by atoms with Gasteiger partial charge in [-0.25, -0.2) is 0 Å². The van der Waals surface area contributed by atoms with Gasteiger partial charge in [0.1, 0.15) is 6.61 Å². The van der Waals surface area contributed by atoms with Crippen LogP contribution in [0.15, 0.2) is 48.5 Å². The number of carbonyl (C=O) groups excluding carboxylic acids is 1. The second kappa shape index (κ2) is 13.8. The lowest BCUT2D eigenvalue weighted by Gasteiger charge is -2.25. The number of aliphatic hydroxyl groups excluding tert-OH is 1. The first-order valence-electron chi connectivity index (χ1n) is 10.9. The largest absolute Gasteiger partial charge is 0.485 e. The number of rotatable bonds is 7. The van der Waals surface area contributed by atoms with Gasteiger partial charge in [-0.05, 0) is 43.5 Å². The molecule has 1 unspecified atom stereocenters. The third-order valence-electron chi connectivity index (χ3n) is 4.51. The van der Waals surface area contributed by atoms with E-state index in [0.29, 0.717) is 18.0 Å². The highest BCUT2D eigenvalue weighted by Gasteiger charge is 2.24. The van der Waals surface area contributed by atoms with Gasteiger partial charge in [0.15, 0.2) is 23.4 Å². The number of benzene rings is 2. The van der Waals surface area contributed by atoms with Crippen LogP contribution >= 0.6 is 0 Å². The van der Waals surface area contributed by atoms with Crippen molar-refractivity contribution in [2.45, 2.75) is 66.2 Å². The Morgan fingerprint density at radius 3 is 2.40 bits per heavy atom. The molecule has 0 radical (unpaired) electrons. The van der Waals surface area contributed by atoms with Gasteiger partial charge in [-0.2, -0.15) is 0 Å². The lowest BCUT2D eigenvalue weighted by molar-refractivity contribution is -0.125. The molecule has 0 amide bonds. The van der Waals surface area contributed by atoms with Gasteiger partial charge < -0.3 is 19.9 Å². The van der Waals surface area contributed by atoms with E-state index in [9.17, 15) is 9.90 Å². The first-order chi connectivity index (χ1) is 14.5. The summed E-state index contributed by atoms with van der Waals surface area (Å²) in [5.74, 6) is 1.26. The maximum absolute atomic E-state index is 11.4. The van der Waals surface area contributed by atoms with Crippen LogP contribution in [0, 0.1) is 0 Å². The molecule has 0 spiro atoms. The number of ketones is 1.